The molecule has 13 heavy (non-hydrogen) atoms. The Kier molecular flexibility index (Phi) is 2.02. The Labute approximate surface area is 76.6 Å². The van der Waals surface area contributed by atoms with Crippen molar-refractivity contribution in [3.05, 3.63) is 29.7 Å². The van der Waals surface area contributed by atoms with Crippen LogP contribution in [0.2, 0.25) is 0 Å². The van der Waals surface area contributed by atoms with Gasteiger partial charge in [-0.15, -0.1) is 0 Å². The molecule has 1 aromatic heterocycles. The predicted octanol–water partition coefficient (Wildman–Crippen LogP) is 1.64. The zero-order valence-electron chi connectivity index (χ0n) is 7.58. The minimum Gasteiger partial charge on any atom is -0.440 e. The highest BCUT2D eigenvalue weighted by molar-refractivity contribution is 5.75. The van der Waals surface area contributed by atoms with Crippen LogP contribution in [-0.2, 0) is 6.42 Å². The van der Waals surface area contributed by atoms with Gasteiger partial charge < -0.3 is 10.2 Å². The number of aryl methyl sites for hydroxylation is 1. The predicted molar refractivity (Wildman–Crippen MR) is 51.5 cm³/mol. The van der Waals surface area contributed by atoms with Gasteiger partial charge in [0.25, 0.3) is 0 Å². The number of oxazole rings is 1. The molecule has 2 aromatic rings. The molecule has 1 heterocycles. The first kappa shape index (κ1) is 8.26. The van der Waals surface area contributed by atoms with E-state index in [1.54, 1.807) is 0 Å². The molecule has 0 aliphatic heterocycles. The van der Waals surface area contributed by atoms with E-state index in [1.165, 1.54) is 0 Å². The second-order valence-corrected chi connectivity index (χ2v) is 3.07. The van der Waals surface area contributed by atoms with E-state index in [1.807, 2.05) is 25.1 Å². The molecule has 1 aromatic carbocycles. The number of fused-ring (bicyclic) bond motifs is 1. The molecule has 3 nitrogen and oxygen atoms in total. The van der Waals surface area contributed by atoms with E-state index in [0.717, 1.165) is 22.6 Å². The standard InChI is InChI=1S/C10H12N2O/c1-7-3-2-4-8-10(7)13-9(12-8)5-6-11/h2-4H,5-6,11H2,1H3. The Bertz CT molecular complexity index is 420. The number of hydrogen-bond donors (Lipinski definition) is 1. The second-order valence-electron chi connectivity index (χ2n) is 3.07. The maximum atomic E-state index is 5.55. The Morgan fingerprint density at radius 1 is 1.46 bits per heavy atom. The minimum absolute atomic E-state index is 0.575. The van der Waals surface area contributed by atoms with Crippen LogP contribution in [0.5, 0.6) is 0 Å². The second kappa shape index (κ2) is 3.18. The number of rotatable bonds is 2. The molecule has 0 fully saturated rings. The number of benzene rings is 1. The summed E-state index contributed by atoms with van der Waals surface area (Å²) in [5.74, 6) is 0.729. The smallest absolute Gasteiger partial charge is 0.196 e. The summed E-state index contributed by atoms with van der Waals surface area (Å²) >= 11 is 0. The summed E-state index contributed by atoms with van der Waals surface area (Å²) in [7, 11) is 0. The molecular weight excluding hydrogens is 164 g/mol. The van der Waals surface area contributed by atoms with Gasteiger partial charge in [0.15, 0.2) is 11.5 Å². The van der Waals surface area contributed by atoms with Crippen LogP contribution in [0.25, 0.3) is 11.1 Å². The van der Waals surface area contributed by atoms with Gasteiger partial charge in [0.2, 0.25) is 0 Å². The van der Waals surface area contributed by atoms with Gasteiger partial charge in [-0.05, 0) is 18.6 Å². The molecule has 0 aliphatic rings. The van der Waals surface area contributed by atoms with Crippen molar-refractivity contribution in [1.29, 1.82) is 0 Å². The summed E-state index contributed by atoms with van der Waals surface area (Å²) in [6.45, 7) is 2.59. The highest BCUT2D eigenvalue weighted by atomic mass is 16.3. The monoisotopic (exact) mass is 176 g/mol. The third-order valence-corrected chi connectivity index (χ3v) is 2.01. The molecule has 3 heteroatoms. The SMILES string of the molecule is Cc1cccc2nc(CCN)oc12. The molecule has 0 radical (unpaired) electrons. The van der Waals surface area contributed by atoms with E-state index in [9.17, 15) is 0 Å². The topological polar surface area (TPSA) is 52.0 Å². The van der Waals surface area contributed by atoms with Gasteiger partial charge in [0.05, 0.1) is 0 Å². The highest BCUT2D eigenvalue weighted by Crippen LogP contribution is 2.18. The third kappa shape index (κ3) is 1.42. The van der Waals surface area contributed by atoms with Gasteiger partial charge in [-0.2, -0.15) is 0 Å². The van der Waals surface area contributed by atoms with Crippen molar-refractivity contribution in [3.63, 3.8) is 0 Å². The molecule has 0 saturated carbocycles. The highest BCUT2D eigenvalue weighted by Gasteiger charge is 2.05. The number of hydrogen-bond acceptors (Lipinski definition) is 3. The van der Waals surface area contributed by atoms with Crippen molar-refractivity contribution < 1.29 is 4.42 Å². The average molecular weight is 176 g/mol. The quantitative estimate of drug-likeness (QED) is 0.756. The summed E-state index contributed by atoms with van der Waals surface area (Å²) in [6, 6.07) is 5.94. The van der Waals surface area contributed by atoms with Gasteiger partial charge in [0, 0.05) is 13.0 Å². The molecule has 0 unspecified atom stereocenters. The zero-order chi connectivity index (χ0) is 9.26. The lowest BCUT2D eigenvalue weighted by Crippen LogP contribution is -2.02. The lowest BCUT2D eigenvalue weighted by atomic mass is 10.2. The summed E-state index contributed by atoms with van der Waals surface area (Å²) in [5, 5.41) is 0. The van der Waals surface area contributed by atoms with Crippen LogP contribution in [0.1, 0.15) is 11.5 Å². The van der Waals surface area contributed by atoms with Crippen LogP contribution >= 0.6 is 0 Å². The molecule has 0 amide bonds. The maximum absolute atomic E-state index is 5.55. The summed E-state index contributed by atoms with van der Waals surface area (Å²) in [5.41, 5.74) is 8.34. The Morgan fingerprint density at radius 2 is 2.31 bits per heavy atom. The molecule has 0 bridgehead atoms. The Balaban J connectivity index is 2.55. The van der Waals surface area contributed by atoms with Crippen LogP contribution in [0.3, 0.4) is 0 Å². The van der Waals surface area contributed by atoms with E-state index in [4.69, 9.17) is 10.2 Å². The first-order valence-electron chi connectivity index (χ1n) is 4.36. The Morgan fingerprint density at radius 3 is 3.00 bits per heavy atom. The fourth-order valence-corrected chi connectivity index (χ4v) is 1.36. The van der Waals surface area contributed by atoms with Crippen molar-refractivity contribution in [3.8, 4) is 0 Å². The van der Waals surface area contributed by atoms with E-state index >= 15 is 0 Å². The first-order chi connectivity index (χ1) is 6.31. The molecular formula is C10H12N2O. The minimum atomic E-state index is 0.575. The van der Waals surface area contributed by atoms with Crippen molar-refractivity contribution >= 4 is 11.1 Å². The fraction of sp³-hybridized carbons (Fsp3) is 0.300. The number of aromatic nitrogens is 1. The van der Waals surface area contributed by atoms with Crippen LogP contribution in [0, 0.1) is 6.92 Å². The third-order valence-electron chi connectivity index (χ3n) is 2.01. The molecule has 2 rings (SSSR count). The lowest BCUT2D eigenvalue weighted by molar-refractivity contribution is 0.529. The van der Waals surface area contributed by atoms with Crippen LogP contribution in [0.15, 0.2) is 22.6 Å². The Hall–Kier alpha value is -1.35. The molecule has 68 valence electrons. The molecule has 0 atom stereocenters. The number of nitrogens with two attached hydrogens (primary N) is 1. The van der Waals surface area contributed by atoms with Crippen molar-refractivity contribution in [2.75, 3.05) is 6.54 Å². The first-order valence-corrected chi connectivity index (χ1v) is 4.36. The van der Waals surface area contributed by atoms with Crippen molar-refractivity contribution in [2.24, 2.45) is 5.73 Å². The van der Waals surface area contributed by atoms with Gasteiger partial charge >= 0.3 is 0 Å². The zero-order valence-corrected chi connectivity index (χ0v) is 7.58. The molecule has 0 saturated heterocycles. The average Bonchev–Trinajstić information content (AvgIpc) is 2.49. The molecule has 0 aliphatic carbocycles. The number of nitrogens with zero attached hydrogens (tertiary/aromatic N) is 1. The lowest BCUT2D eigenvalue weighted by Gasteiger charge is -1.90. The summed E-state index contributed by atoms with van der Waals surface area (Å²) < 4.78 is 5.55. The fourth-order valence-electron chi connectivity index (χ4n) is 1.36. The van der Waals surface area contributed by atoms with E-state index in [2.05, 4.69) is 4.98 Å². The van der Waals surface area contributed by atoms with Gasteiger partial charge in [-0.25, -0.2) is 4.98 Å². The molecule has 0 spiro atoms. The molecule has 2 N–H and O–H groups in total. The van der Waals surface area contributed by atoms with Crippen molar-refractivity contribution in [2.45, 2.75) is 13.3 Å². The maximum Gasteiger partial charge on any atom is 0.196 e. The van der Waals surface area contributed by atoms with Gasteiger partial charge in [-0.3, -0.25) is 0 Å². The van der Waals surface area contributed by atoms with Crippen molar-refractivity contribution in [1.82, 2.24) is 4.98 Å². The number of para-hydroxylation sites is 1. The summed E-state index contributed by atoms with van der Waals surface area (Å²) in [4.78, 5) is 4.32. The van der Waals surface area contributed by atoms with Crippen LogP contribution < -0.4 is 5.73 Å². The van der Waals surface area contributed by atoms with E-state index < -0.39 is 0 Å². The van der Waals surface area contributed by atoms with Crippen LogP contribution in [0.4, 0.5) is 0 Å². The van der Waals surface area contributed by atoms with Crippen LogP contribution in [-0.4, -0.2) is 11.5 Å². The van der Waals surface area contributed by atoms with Gasteiger partial charge in [0.1, 0.15) is 5.52 Å². The summed E-state index contributed by atoms with van der Waals surface area (Å²) in [6.07, 6.45) is 0.702. The van der Waals surface area contributed by atoms with E-state index in [-0.39, 0.29) is 0 Å². The van der Waals surface area contributed by atoms with Gasteiger partial charge in [-0.1, -0.05) is 12.1 Å². The largest absolute Gasteiger partial charge is 0.440 e. The normalized spacial score (nSPS) is 10.9. The van der Waals surface area contributed by atoms with E-state index in [0.29, 0.717) is 13.0 Å².